The largest absolute Gasteiger partial charge is 0.497 e. The molecule has 0 saturated heterocycles. The van der Waals surface area contributed by atoms with Crippen molar-refractivity contribution in [3.05, 3.63) is 48.0 Å². The number of alkyl halides is 2. The first kappa shape index (κ1) is 20.9. The maximum absolute atomic E-state index is 12.4. The average Bonchev–Trinajstić information content (AvgIpc) is 2.68. The van der Waals surface area contributed by atoms with Crippen molar-refractivity contribution in [2.24, 2.45) is 5.10 Å². The number of nitrogens with one attached hydrogen (secondary N) is 2. The highest BCUT2D eigenvalue weighted by Gasteiger charge is 2.11. The zero-order valence-electron chi connectivity index (χ0n) is 15.4. The lowest BCUT2D eigenvalue weighted by Crippen LogP contribution is -2.25. The fourth-order valence-electron chi connectivity index (χ4n) is 2.18. The van der Waals surface area contributed by atoms with Crippen molar-refractivity contribution < 1.29 is 27.8 Å². The van der Waals surface area contributed by atoms with Gasteiger partial charge in [-0.2, -0.15) is 13.9 Å². The number of anilines is 1. The monoisotopic (exact) mass is 393 g/mol. The predicted octanol–water partition coefficient (Wildman–Crippen LogP) is 3.26. The molecule has 28 heavy (non-hydrogen) atoms. The summed E-state index contributed by atoms with van der Waals surface area (Å²) >= 11 is 0. The molecule has 0 heterocycles. The van der Waals surface area contributed by atoms with Gasteiger partial charge in [-0.25, -0.2) is 5.43 Å². The lowest BCUT2D eigenvalue weighted by molar-refractivity contribution is -0.119. The van der Waals surface area contributed by atoms with Gasteiger partial charge >= 0.3 is 6.61 Å². The zero-order chi connectivity index (χ0) is 20.4. The summed E-state index contributed by atoms with van der Waals surface area (Å²) < 4.78 is 39.5. The van der Waals surface area contributed by atoms with Crippen LogP contribution in [0.1, 0.15) is 12.5 Å². The van der Waals surface area contributed by atoms with Crippen molar-refractivity contribution in [1.29, 1.82) is 0 Å². The number of halogens is 2. The van der Waals surface area contributed by atoms with E-state index in [-0.39, 0.29) is 30.6 Å². The number of carbonyl (C=O) groups excluding carboxylic acids is 1. The van der Waals surface area contributed by atoms with Crippen LogP contribution in [0.25, 0.3) is 0 Å². The third kappa shape index (κ3) is 6.75. The summed E-state index contributed by atoms with van der Waals surface area (Å²) in [6.07, 6.45) is 1.37. The van der Waals surface area contributed by atoms with E-state index in [1.165, 1.54) is 24.4 Å². The van der Waals surface area contributed by atoms with Crippen LogP contribution in [0.15, 0.2) is 47.6 Å². The Hall–Kier alpha value is -3.36. The van der Waals surface area contributed by atoms with Gasteiger partial charge in [0.15, 0.2) is 11.5 Å². The number of methoxy groups -OCH3 is 1. The highest BCUT2D eigenvalue weighted by Crippen LogP contribution is 2.29. The van der Waals surface area contributed by atoms with Gasteiger partial charge in [-0.3, -0.25) is 4.79 Å². The van der Waals surface area contributed by atoms with Crippen molar-refractivity contribution in [2.75, 3.05) is 25.6 Å². The highest BCUT2D eigenvalue weighted by atomic mass is 19.3. The number of benzene rings is 2. The van der Waals surface area contributed by atoms with Crippen LogP contribution in [-0.2, 0) is 4.79 Å². The minimum Gasteiger partial charge on any atom is -0.497 e. The van der Waals surface area contributed by atoms with E-state index < -0.39 is 6.61 Å². The number of hydrogen-bond acceptors (Lipinski definition) is 6. The quantitative estimate of drug-likeness (QED) is 0.478. The van der Waals surface area contributed by atoms with Crippen LogP contribution in [0.2, 0.25) is 0 Å². The first-order valence-corrected chi connectivity index (χ1v) is 8.43. The highest BCUT2D eigenvalue weighted by molar-refractivity contribution is 5.84. The van der Waals surface area contributed by atoms with Crippen molar-refractivity contribution >= 4 is 17.8 Å². The van der Waals surface area contributed by atoms with Crippen LogP contribution in [0, 0.1) is 0 Å². The Morgan fingerprint density at radius 3 is 2.57 bits per heavy atom. The average molecular weight is 393 g/mol. The Morgan fingerprint density at radius 1 is 1.18 bits per heavy atom. The summed E-state index contributed by atoms with van der Waals surface area (Å²) in [7, 11) is 1.57. The Bertz CT molecular complexity index is 798. The molecule has 0 bridgehead atoms. The van der Waals surface area contributed by atoms with E-state index in [4.69, 9.17) is 9.47 Å². The van der Waals surface area contributed by atoms with Gasteiger partial charge in [-0.1, -0.05) is 0 Å². The number of carbonyl (C=O) groups is 1. The normalized spacial score (nSPS) is 10.8. The molecule has 0 saturated carbocycles. The molecule has 1 amide bonds. The number of amides is 1. The molecule has 150 valence electrons. The number of hydrogen-bond donors (Lipinski definition) is 2. The van der Waals surface area contributed by atoms with Crippen molar-refractivity contribution in [2.45, 2.75) is 13.5 Å². The third-order valence-corrected chi connectivity index (χ3v) is 3.43. The minimum absolute atomic E-state index is 0.0228. The molecular formula is C19H21F2N3O4. The lowest BCUT2D eigenvalue weighted by atomic mass is 10.2. The van der Waals surface area contributed by atoms with Crippen LogP contribution < -0.4 is 25.0 Å². The first-order valence-electron chi connectivity index (χ1n) is 8.43. The number of rotatable bonds is 10. The molecule has 2 aromatic carbocycles. The van der Waals surface area contributed by atoms with Crippen LogP contribution >= 0.6 is 0 Å². The molecule has 0 aliphatic heterocycles. The molecule has 0 aliphatic rings. The lowest BCUT2D eigenvalue weighted by Gasteiger charge is -2.11. The molecule has 9 heteroatoms. The molecule has 0 atom stereocenters. The molecule has 0 aromatic heterocycles. The fraction of sp³-hybridized carbons (Fsp3) is 0.263. The van der Waals surface area contributed by atoms with Gasteiger partial charge in [-0.15, -0.1) is 0 Å². The van der Waals surface area contributed by atoms with Gasteiger partial charge in [0.05, 0.1) is 26.5 Å². The summed E-state index contributed by atoms with van der Waals surface area (Å²) in [6, 6.07) is 11.5. The topological polar surface area (TPSA) is 81.2 Å². The molecule has 2 rings (SSSR count). The Balaban J connectivity index is 1.88. The maximum Gasteiger partial charge on any atom is 0.387 e. The van der Waals surface area contributed by atoms with E-state index in [0.717, 1.165) is 11.4 Å². The predicted molar refractivity (Wildman–Crippen MR) is 101 cm³/mol. The summed E-state index contributed by atoms with van der Waals surface area (Å²) in [6.45, 7) is -0.914. The number of nitrogens with zero attached hydrogens (tertiary/aromatic N) is 1. The minimum atomic E-state index is -2.95. The second kappa shape index (κ2) is 10.7. The van der Waals surface area contributed by atoms with E-state index in [9.17, 15) is 13.6 Å². The van der Waals surface area contributed by atoms with Crippen LogP contribution in [-0.4, -0.2) is 39.0 Å². The molecule has 0 spiro atoms. The second-order valence-electron chi connectivity index (χ2n) is 5.39. The van der Waals surface area contributed by atoms with Crippen LogP contribution in [0.3, 0.4) is 0 Å². The molecule has 0 fully saturated rings. The van der Waals surface area contributed by atoms with Crippen molar-refractivity contribution in [3.8, 4) is 17.2 Å². The first-order chi connectivity index (χ1) is 13.5. The molecule has 2 N–H and O–H groups in total. The van der Waals surface area contributed by atoms with E-state index in [2.05, 4.69) is 20.6 Å². The molecular weight excluding hydrogens is 372 g/mol. The molecule has 7 nitrogen and oxygen atoms in total. The third-order valence-electron chi connectivity index (χ3n) is 3.43. The van der Waals surface area contributed by atoms with E-state index >= 15 is 0 Å². The van der Waals surface area contributed by atoms with Gasteiger partial charge < -0.3 is 19.5 Å². The standard InChI is InChI=1S/C19H21F2N3O4/c1-3-27-17-10-13(4-9-16(17)28-19(20)21)11-23-24-18(25)12-22-14-5-7-15(26-2)8-6-14/h4-11,19,22H,3,12H2,1-2H3,(H,24,25)/b23-11-. The smallest absolute Gasteiger partial charge is 0.387 e. The van der Waals surface area contributed by atoms with Gasteiger partial charge in [0.2, 0.25) is 0 Å². The Labute approximate surface area is 161 Å². The van der Waals surface area contributed by atoms with Gasteiger partial charge in [0.25, 0.3) is 5.91 Å². The zero-order valence-corrected chi connectivity index (χ0v) is 15.4. The number of hydrazone groups is 1. The summed E-state index contributed by atoms with van der Waals surface area (Å²) in [5.41, 5.74) is 3.68. The molecule has 0 radical (unpaired) electrons. The van der Waals surface area contributed by atoms with E-state index in [1.54, 1.807) is 38.3 Å². The maximum atomic E-state index is 12.4. The number of ether oxygens (including phenoxy) is 3. The Kier molecular flexibility index (Phi) is 8.01. The fourth-order valence-corrected chi connectivity index (χ4v) is 2.18. The van der Waals surface area contributed by atoms with Gasteiger partial charge in [0, 0.05) is 5.69 Å². The van der Waals surface area contributed by atoms with E-state index in [0.29, 0.717) is 5.56 Å². The van der Waals surface area contributed by atoms with Crippen LogP contribution in [0.4, 0.5) is 14.5 Å². The SMILES string of the molecule is CCOc1cc(/C=N\NC(=O)CNc2ccc(OC)cc2)ccc1OC(F)F. The van der Waals surface area contributed by atoms with Gasteiger partial charge in [-0.05, 0) is 55.0 Å². The van der Waals surface area contributed by atoms with Crippen molar-refractivity contribution in [3.63, 3.8) is 0 Å². The second-order valence-corrected chi connectivity index (χ2v) is 5.39. The molecule has 0 aliphatic carbocycles. The van der Waals surface area contributed by atoms with E-state index in [1.807, 2.05) is 0 Å². The summed E-state index contributed by atoms with van der Waals surface area (Å²) in [4.78, 5) is 11.8. The summed E-state index contributed by atoms with van der Waals surface area (Å²) in [5.74, 6) is 0.465. The summed E-state index contributed by atoms with van der Waals surface area (Å²) in [5, 5.41) is 6.79. The van der Waals surface area contributed by atoms with Gasteiger partial charge in [0.1, 0.15) is 5.75 Å². The molecule has 0 unspecified atom stereocenters. The van der Waals surface area contributed by atoms with Crippen molar-refractivity contribution in [1.82, 2.24) is 5.43 Å². The van der Waals surface area contributed by atoms with Crippen LogP contribution in [0.5, 0.6) is 17.2 Å². The molecule has 2 aromatic rings. The Morgan fingerprint density at radius 2 is 1.93 bits per heavy atom.